The SMILES string of the molecule is N[C@@H](CS)C(=O)SSCCNC(=O)C1CN(C(=O)NCCSSC(=O)[C@@H](N)CS)c2ccccc21. The first-order chi connectivity index (χ1) is 16.8. The van der Waals surface area contributed by atoms with Crippen molar-refractivity contribution in [3.63, 3.8) is 0 Å². The van der Waals surface area contributed by atoms with E-state index >= 15 is 0 Å². The number of thiol groups is 2. The molecule has 35 heavy (non-hydrogen) atoms. The molecular weight excluding hydrogens is 567 g/mol. The van der Waals surface area contributed by atoms with Gasteiger partial charge >= 0.3 is 6.03 Å². The smallest absolute Gasteiger partial charge is 0.321 e. The topological polar surface area (TPSA) is 148 Å². The van der Waals surface area contributed by atoms with E-state index in [2.05, 4.69) is 35.9 Å². The maximum absolute atomic E-state index is 12.8. The van der Waals surface area contributed by atoms with Crippen molar-refractivity contribution in [2.45, 2.75) is 18.0 Å². The van der Waals surface area contributed by atoms with Gasteiger partial charge in [-0.1, -0.05) is 39.8 Å². The number of nitrogens with two attached hydrogens (primary N) is 2. The summed E-state index contributed by atoms with van der Waals surface area (Å²) in [7, 11) is 4.76. The molecule has 2 rings (SSSR count). The first-order valence-corrected chi connectivity index (χ1v) is 16.5. The second kappa shape index (κ2) is 16.2. The predicted octanol–water partition coefficient (Wildman–Crippen LogP) is 1.75. The van der Waals surface area contributed by atoms with E-state index in [0.29, 0.717) is 30.3 Å². The van der Waals surface area contributed by atoms with Crippen molar-refractivity contribution in [2.24, 2.45) is 11.5 Å². The summed E-state index contributed by atoms with van der Waals surface area (Å²) in [5.74, 6) is 0.975. The predicted molar refractivity (Wildman–Crippen MR) is 157 cm³/mol. The summed E-state index contributed by atoms with van der Waals surface area (Å²) in [5, 5.41) is 5.42. The second-order valence-electron chi connectivity index (χ2n) is 7.27. The lowest BCUT2D eigenvalue weighted by Gasteiger charge is -2.18. The molecule has 0 spiro atoms. The normalized spacial score (nSPS) is 16.3. The molecule has 1 aromatic rings. The number of carbonyl (C=O) groups is 4. The lowest BCUT2D eigenvalue weighted by Crippen LogP contribution is -2.42. The lowest BCUT2D eigenvalue weighted by atomic mass is 10.0. The molecule has 6 N–H and O–H groups in total. The van der Waals surface area contributed by atoms with Crippen molar-refractivity contribution in [1.82, 2.24) is 10.6 Å². The van der Waals surface area contributed by atoms with Crippen molar-refractivity contribution in [3.8, 4) is 0 Å². The van der Waals surface area contributed by atoms with E-state index in [9.17, 15) is 19.2 Å². The van der Waals surface area contributed by atoms with Crippen LogP contribution in [-0.2, 0) is 14.4 Å². The summed E-state index contributed by atoms with van der Waals surface area (Å²) >= 11 is 8.01. The molecule has 9 nitrogen and oxygen atoms in total. The van der Waals surface area contributed by atoms with Gasteiger partial charge in [0.25, 0.3) is 0 Å². The van der Waals surface area contributed by atoms with Crippen molar-refractivity contribution in [1.29, 1.82) is 0 Å². The average molecular weight is 596 g/mol. The van der Waals surface area contributed by atoms with Crippen LogP contribution in [0.15, 0.2) is 24.3 Å². The monoisotopic (exact) mass is 595 g/mol. The van der Waals surface area contributed by atoms with E-state index in [0.717, 1.165) is 27.2 Å². The molecule has 3 amide bonds. The molecule has 1 aliphatic rings. The van der Waals surface area contributed by atoms with Gasteiger partial charge in [0, 0.05) is 48.3 Å². The van der Waals surface area contributed by atoms with Gasteiger partial charge in [-0.15, -0.1) is 0 Å². The Kier molecular flexibility index (Phi) is 14.2. The highest BCUT2D eigenvalue weighted by molar-refractivity contribution is 8.82. The molecule has 0 saturated heterocycles. The number of nitrogens with zero attached hydrogens (tertiary/aromatic N) is 1. The third kappa shape index (κ3) is 9.61. The molecule has 0 aliphatic carbocycles. The number of hydrogen-bond acceptors (Lipinski definition) is 12. The van der Waals surface area contributed by atoms with Crippen molar-refractivity contribution >= 4 is 96.3 Å². The fourth-order valence-electron chi connectivity index (χ4n) is 2.93. The summed E-state index contributed by atoms with van der Waals surface area (Å²) in [6, 6.07) is 5.80. The maximum Gasteiger partial charge on any atom is 0.321 e. The van der Waals surface area contributed by atoms with Crippen LogP contribution in [0.4, 0.5) is 10.5 Å². The van der Waals surface area contributed by atoms with Gasteiger partial charge in [0.1, 0.15) is 0 Å². The molecule has 0 radical (unpaired) electrons. The first-order valence-electron chi connectivity index (χ1n) is 10.6. The number of hydrogen-bond donors (Lipinski definition) is 6. The summed E-state index contributed by atoms with van der Waals surface area (Å²) in [6.45, 7) is 0.973. The van der Waals surface area contributed by atoms with Gasteiger partial charge in [-0.25, -0.2) is 4.79 Å². The fraction of sp³-hybridized carbons (Fsp3) is 0.500. The van der Waals surface area contributed by atoms with Crippen LogP contribution in [0.1, 0.15) is 11.5 Å². The number of benzene rings is 1. The van der Waals surface area contributed by atoms with Gasteiger partial charge in [0.15, 0.2) is 0 Å². The fourth-order valence-corrected chi connectivity index (χ4v) is 7.13. The Morgan fingerprint density at radius 2 is 1.49 bits per heavy atom. The number of nitrogens with one attached hydrogen (secondary N) is 2. The maximum atomic E-state index is 12.8. The highest BCUT2D eigenvalue weighted by atomic mass is 33.1. The van der Waals surface area contributed by atoms with Crippen LogP contribution in [0.25, 0.3) is 0 Å². The second-order valence-corrected chi connectivity index (χ2v) is 12.8. The Morgan fingerprint density at radius 1 is 0.943 bits per heavy atom. The quantitative estimate of drug-likeness (QED) is 0.113. The van der Waals surface area contributed by atoms with Crippen LogP contribution >= 0.6 is 68.4 Å². The summed E-state index contributed by atoms with van der Waals surface area (Å²) in [6.07, 6.45) is 0. The minimum Gasteiger partial charge on any atom is -0.355 e. The van der Waals surface area contributed by atoms with Crippen LogP contribution in [0.3, 0.4) is 0 Å². The third-order valence-electron chi connectivity index (χ3n) is 4.76. The van der Waals surface area contributed by atoms with E-state index in [1.807, 2.05) is 24.3 Å². The molecule has 1 aliphatic heterocycles. The minimum absolute atomic E-state index is 0.146. The van der Waals surface area contributed by atoms with E-state index in [1.54, 1.807) is 4.90 Å². The van der Waals surface area contributed by atoms with Crippen LogP contribution in [-0.4, -0.2) is 76.9 Å². The largest absolute Gasteiger partial charge is 0.355 e. The number of anilines is 1. The van der Waals surface area contributed by atoms with E-state index in [4.69, 9.17) is 11.5 Å². The van der Waals surface area contributed by atoms with E-state index in [-0.39, 0.29) is 40.2 Å². The van der Waals surface area contributed by atoms with Crippen molar-refractivity contribution < 1.29 is 19.2 Å². The molecule has 0 aromatic heterocycles. The van der Waals surface area contributed by atoms with Crippen LogP contribution in [0.2, 0.25) is 0 Å². The van der Waals surface area contributed by atoms with E-state index in [1.165, 1.54) is 21.6 Å². The molecule has 194 valence electrons. The minimum atomic E-state index is -0.606. The Bertz CT molecular complexity index is 826. The molecular formula is C20H29N5O4S6. The summed E-state index contributed by atoms with van der Waals surface area (Å²) in [4.78, 5) is 50.6. The molecule has 0 saturated carbocycles. The zero-order valence-electron chi connectivity index (χ0n) is 18.8. The lowest BCUT2D eigenvalue weighted by molar-refractivity contribution is -0.122. The van der Waals surface area contributed by atoms with Gasteiger partial charge in [-0.05, 0) is 33.2 Å². The third-order valence-corrected chi connectivity index (χ3v) is 10.1. The van der Waals surface area contributed by atoms with Crippen LogP contribution in [0.5, 0.6) is 0 Å². The van der Waals surface area contributed by atoms with Crippen molar-refractivity contribution in [3.05, 3.63) is 29.8 Å². The summed E-state index contributed by atoms with van der Waals surface area (Å²) in [5.41, 5.74) is 12.7. The van der Waals surface area contributed by atoms with Crippen molar-refractivity contribution in [2.75, 3.05) is 47.5 Å². The standard InChI is InChI=1S/C20H29N5O4S6/c21-14(10-30)18(27)34-32-7-5-23-17(26)13-9-25(16-4-2-1-3-12(13)16)20(29)24-6-8-33-35-19(28)15(22)11-31/h1-4,13-15,30-31H,5-11,21-22H2,(H,23,26)(H,24,29)/t13?,14-,15-/m0/s1. The zero-order chi connectivity index (χ0) is 25.8. The van der Waals surface area contributed by atoms with Gasteiger partial charge in [-0.2, -0.15) is 25.3 Å². The molecule has 15 heteroatoms. The molecule has 1 unspecified atom stereocenters. The zero-order valence-corrected chi connectivity index (χ0v) is 23.8. The van der Waals surface area contributed by atoms with Crippen LogP contribution in [0, 0.1) is 0 Å². The average Bonchev–Trinajstić information content (AvgIpc) is 3.26. The van der Waals surface area contributed by atoms with Gasteiger partial charge in [-0.3, -0.25) is 19.3 Å². The Balaban J connectivity index is 1.79. The number of fused-ring (bicyclic) bond motifs is 1. The summed E-state index contributed by atoms with van der Waals surface area (Å²) < 4.78 is 0. The van der Waals surface area contributed by atoms with E-state index < -0.39 is 18.0 Å². The van der Waals surface area contributed by atoms with Gasteiger partial charge in [0.2, 0.25) is 16.1 Å². The molecule has 1 aromatic carbocycles. The molecule has 1 heterocycles. The Labute approximate surface area is 231 Å². The highest BCUT2D eigenvalue weighted by Gasteiger charge is 2.36. The molecule has 0 fully saturated rings. The Morgan fingerprint density at radius 3 is 2.06 bits per heavy atom. The van der Waals surface area contributed by atoms with Crippen LogP contribution < -0.4 is 27.0 Å². The number of carbonyl (C=O) groups excluding carboxylic acids is 4. The first kappa shape index (κ1) is 30.5. The molecule has 3 atom stereocenters. The Hall–Kier alpha value is -0.680. The number of rotatable bonds is 13. The number of amides is 3. The van der Waals surface area contributed by atoms with Gasteiger partial charge in [0.05, 0.1) is 18.0 Å². The highest BCUT2D eigenvalue weighted by Crippen LogP contribution is 2.36. The van der Waals surface area contributed by atoms with Gasteiger partial charge < -0.3 is 22.1 Å². The number of para-hydroxylation sites is 1. The number of urea groups is 1. The molecule has 0 bridgehead atoms.